The Kier molecular flexibility index (Phi) is 7.85. The molecule has 8 nitrogen and oxygen atoms in total. The zero-order valence-corrected chi connectivity index (χ0v) is 21.9. The van der Waals surface area contributed by atoms with Crippen LogP contribution in [0.4, 0.5) is 0 Å². The summed E-state index contributed by atoms with van der Waals surface area (Å²) in [6.07, 6.45) is 3.42. The molecule has 2 aromatic carbocycles. The topological polar surface area (TPSA) is 98.2 Å². The molecule has 0 bridgehead atoms. The molecule has 0 saturated carbocycles. The molecule has 0 aliphatic carbocycles. The minimum Gasteiger partial charge on any atom is -0.507 e. The third-order valence-corrected chi connectivity index (χ3v) is 8.82. The van der Waals surface area contributed by atoms with Crippen molar-refractivity contribution in [2.45, 2.75) is 30.2 Å². The van der Waals surface area contributed by atoms with Gasteiger partial charge in [-0.3, -0.25) is 9.59 Å². The lowest BCUT2D eigenvalue weighted by atomic mass is 9.95. The highest BCUT2D eigenvalue weighted by Crippen LogP contribution is 2.39. The van der Waals surface area contributed by atoms with Crippen LogP contribution in [0, 0.1) is 0 Å². The van der Waals surface area contributed by atoms with Gasteiger partial charge in [-0.1, -0.05) is 30.2 Å². The summed E-state index contributed by atoms with van der Waals surface area (Å²) in [5, 5.41) is 11.7. The molecule has 2 saturated heterocycles. The maximum absolute atomic E-state index is 13.2. The summed E-state index contributed by atoms with van der Waals surface area (Å²) in [7, 11) is -0.791. The first-order valence-electron chi connectivity index (χ1n) is 11.9. The molecule has 36 heavy (non-hydrogen) atoms. The Morgan fingerprint density at radius 1 is 0.972 bits per heavy atom. The number of nitrogens with zero attached hydrogens (tertiary/aromatic N) is 3. The average molecular weight is 532 g/mol. The molecule has 1 atom stereocenters. The van der Waals surface area contributed by atoms with Gasteiger partial charge in [0.25, 0.3) is 11.7 Å². The van der Waals surface area contributed by atoms with E-state index in [1.54, 1.807) is 24.3 Å². The Hall–Kier alpha value is -2.72. The predicted octanol–water partition coefficient (Wildman–Crippen LogP) is 3.50. The maximum atomic E-state index is 13.2. The van der Waals surface area contributed by atoms with Crippen molar-refractivity contribution in [3.63, 3.8) is 0 Å². The Bertz CT molecular complexity index is 1270. The number of rotatable bonds is 7. The van der Waals surface area contributed by atoms with E-state index in [1.165, 1.54) is 49.7 Å². The number of Topliss-reactive ketones (excluding diaryl/α,β-unsaturated/α-hetero) is 1. The third kappa shape index (κ3) is 5.20. The van der Waals surface area contributed by atoms with Crippen molar-refractivity contribution in [2.75, 3.05) is 40.3 Å². The minimum atomic E-state index is -3.65. The third-order valence-electron chi connectivity index (χ3n) is 6.74. The monoisotopic (exact) mass is 531 g/mol. The molecular weight excluding hydrogens is 502 g/mol. The van der Waals surface area contributed by atoms with Crippen molar-refractivity contribution in [3.8, 4) is 0 Å². The van der Waals surface area contributed by atoms with Gasteiger partial charge in [-0.2, -0.15) is 0 Å². The number of hydrogen-bond acceptors (Lipinski definition) is 6. The zero-order valence-electron chi connectivity index (χ0n) is 20.4. The van der Waals surface area contributed by atoms with Gasteiger partial charge in [0.05, 0.1) is 16.5 Å². The molecule has 2 aromatic rings. The van der Waals surface area contributed by atoms with E-state index in [0.717, 1.165) is 30.2 Å². The van der Waals surface area contributed by atoms with Crippen molar-refractivity contribution in [1.29, 1.82) is 0 Å². The van der Waals surface area contributed by atoms with Gasteiger partial charge in [-0.15, -0.1) is 0 Å². The van der Waals surface area contributed by atoms with E-state index in [2.05, 4.69) is 4.90 Å². The first kappa shape index (κ1) is 26.3. The van der Waals surface area contributed by atoms with Crippen LogP contribution < -0.4 is 0 Å². The molecule has 1 N–H and O–H groups in total. The predicted molar refractivity (Wildman–Crippen MR) is 138 cm³/mol. The molecule has 0 radical (unpaired) electrons. The van der Waals surface area contributed by atoms with Crippen LogP contribution >= 0.6 is 11.6 Å². The fraction of sp³-hybridized carbons (Fsp3) is 0.385. The molecule has 0 spiro atoms. The van der Waals surface area contributed by atoms with Gasteiger partial charge >= 0.3 is 0 Å². The molecule has 10 heteroatoms. The lowest BCUT2D eigenvalue weighted by molar-refractivity contribution is -0.140. The molecule has 2 aliphatic rings. The van der Waals surface area contributed by atoms with Crippen molar-refractivity contribution in [1.82, 2.24) is 14.1 Å². The van der Waals surface area contributed by atoms with Gasteiger partial charge in [0.1, 0.15) is 5.76 Å². The summed E-state index contributed by atoms with van der Waals surface area (Å²) in [4.78, 5) is 30.2. The number of amides is 1. The SMILES string of the molecule is CN(C)S(=O)(=O)c1ccc(/C(O)=C2\C(=O)C(=O)N(CCN3CCCCC3)[C@H]2c2ccc(Cl)cc2)cc1. The second-order valence-electron chi connectivity index (χ2n) is 9.26. The lowest BCUT2D eigenvalue weighted by Gasteiger charge is -2.31. The molecule has 0 unspecified atom stereocenters. The van der Waals surface area contributed by atoms with E-state index in [4.69, 9.17) is 11.6 Å². The number of ketones is 1. The zero-order chi connectivity index (χ0) is 26.0. The van der Waals surface area contributed by atoms with Crippen LogP contribution in [0.3, 0.4) is 0 Å². The first-order chi connectivity index (χ1) is 17.1. The average Bonchev–Trinajstić information content (AvgIpc) is 3.13. The molecule has 4 rings (SSSR count). The fourth-order valence-corrected chi connectivity index (χ4v) is 5.71. The number of hydrogen-bond donors (Lipinski definition) is 1. The van der Waals surface area contributed by atoms with Crippen molar-refractivity contribution >= 4 is 39.1 Å². The van der Waals surface area contributed by atoms with Crippen molar-refractivity contribution in [3.05, 3.63) is 70.3 Å². The molecule has 1 amide bonds. The minimum absolute atomic E-state index is 0.0239. The Morgan fingerprint density at radius 2 is 1.58 bits per heavy atom. The number of sulfonamides is 1. The maximum Gasteiger partial charge on any atom is 0.295 e. The number of benzene rings is 2. The van der Waals surface area contributed by atoms with Gasteiger partial charge in [-0.05, 0) is 67.9 Å². The van der Waals surface area contributed by atoms with Crippen LogP contribution in [-0.2, 0) is 19.6 Å². The molecule has 0 aromatic heterocycles. The van der Waals surface area contributed by atoms with Gasteiger partial charge in [0, 0.05) is 37.8 Å². The van der Waals surface area contributed by atoms with Crippen molar-refractivity contribution in [2.24, 2.45) is 0 Å². The standard InChI is InChI=1S/C26H30ClN3O5S/c1-28(2)36(34,35)21-12-8-19(9-13-21)24(31)22-23(18-6-10-20(27)11-7-18)30(26(33)25(22)32)17-16-29-14-4-3-5-15-29/h6-13,23,31H,3-5,14-17H2,1-2H3/b24-22+/t23-/m0/s1. The number of carbonyl (C=O) groups excluding carboxylic acids is 2. The van der Waals surface area contributed by atoms with E-state index >= 15 is 0 Å². The van der Waals surface area contributed by atoms with E-state index in [1.807, 2.05) is 0 Å². The Morgan fingerprint density at radius 3 is 2.17 bits per heavy atom. The van der Waals surface area contributed by atoms with Crippen molar-refractivity contribution < 1.29 is 23.1 Å². The highest BCUT2D eigenvalue weighted by Gasteiger charge is 2.46. The molecule has 2 aliphatic heterocycles. The molecule has 2 fully saturated rings. The summed E-state index contributed by atoms with van der Waals surface area (Å²) in [5.41, 5.74) is 0.885. The molecule has 2 heterocycles. The number of piperidine rings is 1. The van der Waals surface area contributed by atoms with Crippen LogP contribution in [-0.4, -0.2) is 79.6 Å². The largest absolute Gasteiger partial charge is 0.507 e. The highest BCUT2D eigenvalue weighted by atomic mass is 35.5. The van der Waals surface area contributed by atoms with Crippen LogP contribution in [0.25, 0.3) is 5.76 Å². The summed E-state index contributed by atoms with van der Waals surface area (Å²) in [6.45, 7) is 2.89. The Labute approximate surface area is 216 Å². The van der Waals surface area contributed by atoms with Gasteiger partial charge in [-0.25, -0.2) is 12.7 Å². The number of carbonyl (C=O) groups is 2. The van der Waals surface area contributed by atoms with Crippen LogP contribution in [0.15, 0.2) is 59.0 Å². The molecular formula is C26H30ClN3O5S. The summed E-state index contributed by atoms with van der Waals surface area (Å²) < 4.78 is 25.9. The number of halogens is 1. The van der Waals surface area contributed by atoms with E-state index in [-0.39, 0.29) is 21.8 Å². The van der Waals surface area contributed by atoms with Gasteiger partial charge in [0.15, 0.2) is 0 Å². The van der Waals surface area contributed by atoms with E-state index in [0.29, 0.717) is 23.7 Å². The molecule has 192 valence electrons. The van der Waals surface area contributed by atoms with Gasteiger partial charge in [0.2, 0.25) is 10.0 Å². The quantitative estimate of drug-likeness (QED) is 0.333. The van der Waals surface area contributed by atoms with Crippen LogP contribution in [0.5, 0.6) is 0 Å². The fourth-order valence-electron chi connectivity index (χ4n) is 4.69. The summed E-state index contributed by atoms with van der Waals surface area (Å²) >= 11 is 6.08. The second-order valence-corrected chi connectivity index (χ2v) is 11.8. The van der Waals surface area contributed by atoms with E-state index < -0.39 is 27.8 Å². The van der Waals surface area contributed by atoms with Gasteiger partial charge < -0.3 is 14.9 Å². The first-order valence-corrected chi connectivity index (χ1v) is 13.7. The second kappa shape index (κ2) is 10.7. The summed E-state index contributed by atoms with van der Waals surface area (Å²) in [6, 6.07) is 11.7. The Balaban J connectivity index is 1.72. The normalized spacial score (nSPS) is 20.9. The number of likely N-dealkylation sites (tertiary alicyclic amines) is 2. The van der Waals surface area contributed by atoms with Crippen LogP contribution in [0.2, 0.25) is 5.02 Å². The highest BCUT2D eigenvalue weighted by molar-refractivity contribution is 7.89. The summed E-state index contributed by atoms with van der Waals surface area (Å²) in [5.74, 6) is -1.78. The van der Waals surface area contributed by atoms with E-state index in [9.17, 15) is 23.1 Å². The number of aliphatic hydroxyl groups excluding tert-OH is 1. The van der Waals surface area contributed by atoms with Crippen LogP contribution in [0.1, 0.15) is 36.4 Å². The number of aliphatic hydroxyl groups is 1. The lowest BCUT2D eigenvalue weighted by Crippen LogP contribution is -2.39. The smallest absolute Gasteiger partial charge is 0.295 e.